The van der Waals surface area contributed by atoms with E-state index in [4.69, 9.17) is 10.5 Å². The van der Waals surface area contributed by atoms with Crippen molar-refractivity contribution in [1.82, 2.24) is 0 Å². The summed E-state index contributed by atoms with van der Waals surface area (Å²) in [5.74, 6) is 6.30. The zero-order chi connectivity index (χ0) is 14.4. The second-order valence-electron chi connectivity index (χ2n) is 4.40. The van der Waals surface area contributed by atoms with E-state index in [0.717, 1.165) is 22.4 Å². The van der Waals surface area contributed by atoms with Crippen LogP contribution in [-0.4, -0.2) is 6.54 Å². The van der Waals surface area contributed by atoms with Crippen LogP contribution in [0.1, 0.15) is 16.7 Å². The summed E-state index contributed by atoms with van der Waals surface area (Å²) in [5, 5.41) is 0. The summed E-state index contributed by atoms with van der Waals surface area (Å²) in [5.41, 5.74) is 8.04. The van der Waals surface area contributed by atoms with E-state index in [1.165, 1.54) is 12.1 Å². The van der Waals surface area contributed by atoms with Gasteiger partial charge in [-0.2, -0.15) is 0 Å². The highest BCUT2D eigenvalue weighted by Gasteiger charge is 2.02. The Labute approximate surface area is 118 Å². The maximum absolute atomic E-state index is 13.1. The molecule has 0 aliphatic heterocycles. The Balaban J connectivity index is 2.06. The van der Waals surface area contributed by atoms with E-state index in [-0.39, 0.29) is 5.82 Å². The third-order valence-electron chi connectivity index (χ3n) is 2.79. The fourth-order valence-corrected chi connectivity index (χ4v) is 1.83. The minimum Gasteiger partial charge on any atom is -0.489 e. The van der Waals surface area contributed by atoms with Crippen LogP contribution < -0.4 is 10.5 Å². The zero-order valence-corrected chi connectivity index (χ0v) is 11.3. The first-order valence-corrected chi connectivity index (χ1v) is 6.36. The molecule has 2 aromatic carbocycles. The maximum Gasteiger partial charge on any atom is 0.123 e. The lowest BCUT2D eigenvalue weighted by atomic mass is 10.1. The average molecular weight is 269 g/mol. The van der Waals surface area contributed by atoms with Crippen LogP contribution in [-0.2, 0) is 6.61 Å². The van der Waals surface area contributed by atoms with Crippen molar-refractivity contribution in [3.8, 4) is 17.6 Å². The first-order chi connectivity index (χ1) is 9.69. The Hall–Kier alpha value is -2.31. The first-order valence-electron chi connectivity index (χ1n) is 6.36. The van der Waals surface area contributed by atoms with Gasteiger partial charge in [0.1, 0.15) is 18.2 Å². The maximum atomic E-state index is 13.1. The number of nitrogens with two attached hydrogens (primary N) is 1. The van der Waals surface area contributed by atoms with E-state index in [1.807, 2.05) is 31.2 Å². The van der Waals surface area contributed by atoms with Gasteiger partial charge >= 0.3 is 0 Å². The average Bonchev–Trinajstić information content (AvgIpc) is 2.44. The minimum absolute atomic E-state index is 0.254. The topological polar surface area (TPSA) is 35.2 Å². The molecule has 0 spiro atoms. The zero-order valence-electron chi connectivity index (χ0n) is 11.3. The number of aryl methyl sites for hydroxylation is 1. The predicted octanol–water partition coefficient (Wildman–Crippen LogP) is 3.02. The molecule has 20 heavy (non-hydrogen) atoms. The van der Waals surface area contributed by atoms with Crippen LogP contribution >= 0.6 is 0 Å². The molecule has 0 saturated heterocycles. The highest BCUT2D eigenvalue weighted by atomic mass is 19.1. The molecule has 2 nitrogen and oxygen atoms in total. The van der Waals surface area contributed by atoms with Gasteiger partial charge in [0.05, 0.1) is 6.54 Å². The van der Waals surface area contributed by atoms with Crippen molar-refractivity contribution in [2.75, 3.05) is 6.54 Å². The smallest absolute Gasteiger partial charge is 0.123 e. The van der Waals surface area contributed by atoms with Gasteiger partial charge < -0.3 is 10.5 Å². The molecule has 0 unspecified atom stereocenters. The van der Waals surface area contributed by atoms with E-state index in [1.54, 1.807) is 6.07 Å². The van der Waals surface area contributed by atoms with Crippen molar-refractivity contribution in [1.29, 1.82) is 0 Å². The van der Waals surface area contributed by atoms with Crippen LogP contribution in [0.4, 0.5) is 4.39 Å². The highest BCUT2D eigenvalue weighted by molar-refractivity contribution is 5.43. The normalized spacial score (nSPS) is 9.75. The molecule has 0 atom stereocenters. The van der Waals surface area contributed by atoms with E-state index in [0.29, 0.717) is 13.2 Å². The molecule has 0 aliphatic rings. The molecule has 0 bridgehead atoms. The van der Waals surface area contributed by atoms with Gasteiger partial charge in [-0.3, -0.25) is 0 Å². The first kappa shape index (κ1) is 14.1. The number of benzene rings is 2. The third-order valence-corrected chi connectivity index (χ3v) is 2.79. The lowest BCUT2D eigenvalue weighted by molar-refractivity contribution is 0.303. The second-order valence-corrected chi connectivity index (χ2v) is 4.40. The number of halogens is 1. The fourth-order valence-electron chi connectivity index (χ4n) is 1.83. The highest BCUT2D eigenvalue weighted by Crippen LogP contribution is 2.20. The van der Waals surface area contributed by atoms with Crippen molar-refractivity contribution >= 4 is 0 Å². The van der Waals surface area contributed by atoms with Gasteiger partial charge in [-0.25, -0.2) is 4.39 Å². The monoisotopic (exact) mass is 269 g/mol. The molecule has 0 heterocycles. The predicted molar refractivity (Wildman–Crippen MR) is 77.8 cm³/mol. The van der Waals surface area contributed by atoms with Crippen LogP contribution in [0, 0.1) is 24.6 Å². The molecule has 2 rings (SSSR count). The fraction of sp³-hybridized carbons (Fsp3) is 0.176. The van der Waals surface area contributed by atoms with E-state index in [2.05, 4.69) is 11.8 Å². The van der Waals surface area contributed by atoms with Crippen LogP contribution in [0.15, 0.2) is 42.5 Å². The van der Waals surface area contributed by atoms with Gasteiger partial charge in [-0.05, 0) is 48.4 Å². The van der Waals surface area contributed by atoms with Gasteiger partial charge in [-0.1, -0.05) is 24.0 Å². The Morgan fingerprint density at radius 1 is 1.20 bits per heavy atom. The van der Waals surface area contributed by atoms with Gasteiger partial charge in [0.25, 0.3) is 0 Å². The van der Waals surface area contributed by atoms with Crippen LogP contribution in [0.5, 0.6) is 5.75 Å². The summed E-state index contributed by atoms with van der Waals surface area (Å²) in [6.07, 6.45) is 0. The van der Waals surface area contributed by atoms with Gasteiger partial charge in [0.15, 0.2) is 0 Å². The summed E-state index contributed by atoms with van der Waals surface area (Å²) in [6.45, 7) is 2.64. The Morgan fingerprint density at radius 2 is 2.05 bits per heavy atom. The van der Waals surface area contributed by atoms with Gasteiger partial charge in [0.2, 0.25) is 0 Å². The van der Waals surface area contributed by atoms with Crippen LogP contribution in [0.2, 0.25) is 0 Å². The molecule has 102 valence electrons. The summed E-state index contributed by atoms with van der Waals surface area (Å²) in [6, 6.07) is 12.1. The number of rotatable bonds is 3. The van der Waals surface area contributed by atoms with Crippen LogP contribution in [0.25, 0.3) is 0 Å². The minimum atomic E-state index is -0.254. The molecule has 3 heteroatoms. The van der Waals surface area contributed by atoms with Gasteiger partial charge in [-0.15, -0.1) is 0 Å². The molecule has 2 N–H and O–H groups in total. The third kappa shape index (κ3) is 3.84. The molecular weight excluding hydrogens is 253 g/mol. The quantitative estimate of drug-likeness (QED) is 0.869. The molecule has 0 aromatic heterocycles. The standard InChI is InChI=1S/C17H16FNO/c1-13-10-14(5-3-9-19)7-8-17(13)20-12-15-4-2-6-16(18)11-15/h2,4,6-8,10-11H,9,12,19H2,1H3. The molecule has 0 aliphatic carbocycles. The lowest BCUT2D eigenvalue weighted by Crippen LogP contribution is -1.98. The SMILES string of the molecule is Cc1cc(C#CCN)ccc1OCc1cccc(F)c1. The Morgan fingerprint density at radius 3 is 2.75 bits per heavy atom. The molecular formula is C17H16FNO. The Bertz CT molecular complexity index is 656. The lowest BCUT2D eigenvalue weighted by Gasteiger charge is -2.09. The van der Waals surface area contributed by atoms with Crippen molar-refractivity contribution in [2.45, 2.75) is 13.5 Å². The summed E-state index contributed by atoms with van der Waals surface area (Å²) < 4.78 is 18.8. The van der Waals surface area contributed by atoms with Crippen molar-refractivity contribution in [2.24, 2.45) is 5.73 Å². The second kappa shape index (κ2) is 6.74. The molecule has 0 fully saturated rings. The summed E-state index contributed by atoms with van der Waals surface area (Å²) >= 11 is 0. The Kier molecular flexibility index (Phi) is 4.75. The number of hydrogen-bond acceptors (Lipinski definition) is 2. The molecule has 2 aromatic rings. The van der Waals surface area contributed by atoms with Crippen molar-refractivity contribution in [3.05, 3.63) is 65.0 Å². The molecule has 0 saturated carbocycles. The summed E-state index contributed by atoms with van der Waals surface area (Å²) in [4.78, 5) is 0. The van der Waals surface area contributed by atoms with Crippen molar-refractivity contribution < 1.29 is 9.13 Å². The van der Waals surface area contributed by atoms with E-state index < -0.39 is 0 Å². The number of hydrogen-bond donors (Lipinski definition) is 1. The molecule has 0 amide bonds. The van der Waals surface area contributed by atoms with Gasteiger partial charge in [0, 0.05) is 5.56 Å². The summed E-state index contributed by atoms with van der Waals surface area (Å²) in [7, 11) is 0. The van der Waals surface area contributed by atoms with E-state index in [9.17, 15) is 4.39 Å². The largest absolute Gasteiger partial charge is 0.489 e. The van der Waals surface area contributed by atoms with Crippen molar-refractivity contribution in [3.63, 3.8) is 0 Å². The van der Waals surface area contributed by atoms with E-state index >= 15 is 0 Å². The number of ether oxygens (including phenoxy) is 1. The van der Waals surface area contributed by atoms with Crippen LogP contribution in [0.3, 0.4) is 0 Å². The molecule has 0 radical (unpaired) electrons.